The molecular weight excluding hydrogens is 298 g/mol. The third kappa shape index (κ3) is 2.38. The molecule has 4 heterocycles. The lowest BCUT2D eigenvalue weighted by Gasteiger charge is -2.09. The Labute approximate surface area is 140 Å². The van der Waals surface area contributed by atoms with Crippen LogP contribution < -0.4 is 0 Å². The van der Waals surface area contributed by atoms with Crippen molar-refractivity contribution >= 4 is 5.65 Å². The molecule has 24 heavy (non-hydrogen) atoms. The molecular formula is C19H19N5. The van der Waals surface area contributed by atoms with Gasteiger partial charge < -0.3 is 4.40 Å². The van der Waals surface area contributed by atoms with E-state index in [1.165, 1.54) is 0 Å². The molecule has 0 aliphatic rings. The van der Waals surface area contributed by atoms with E-state index in [-0.39, 0.29) is 0 Å². The molecule has 4 aromatic rings. The number of aromatic nitrogens is 5. The van der Waals surface area contributed by atoms with Gasteiger partial charge in [0.25, 0.3) is 0 Å². The zero-order valence-corrected chi connectivity index (χ0v) is 14.0. The monoisotopic (exact) mass is 317 g/mol. The second-order valence-corrected chi connectivity index (χ2v) is 6.29. The maximum atomic E-state index is 4.65. The zero-order chi connectivity index (χ0) is 16.7. The summed E-state index contributed by atoms with van der Waals surface area (Å²) in [6, 6.07) is 10.1. The number of hydrogen-bond acceptors (Lipinski definition) is 3. The van der Waals surface area contributed by atoms with E-state index in [2.05, 4.69) is 46.3 Å². The average Bonchev–Trinajstić information content (AvgIpc) is 3.20. The number of pyridine rings is 2. The molecule has 5 heteroatoms. The van der Waals surface area contributed by atoms with Gasteiger partial charge in [0.1, 0.15) is 11.3 Å². The van der Waals surface area contributed by atoms with Crippen LogP contribution in [0.15, 0.2) is 48.9 Å². The van der Waals surface area contributed by atoms with Crippen molar-refractivity contribution in [3.05, 3.63) is 60.3 Å². The van der Waals surface area contributed by atoms with Crippen molar-refractivity contribution in [2.75, 3.05) is 0 Å². The van der Waals surface area contributed by atoms with Gasteiger partial charge in [-0.15, -0.1) is 0 Å². The van der Waals surface area contributed by atoms with Crippen LogP contribution in [0.1, 0.15) is 31.2 Å². The molecule has 0 unspecified atom stereocenters. The minimum absolute atomic E-state index is 0.338. The van der Waals surface area contributed by atoms with Crippen LogP contribution in [-0.2, 0) is 0 Å². The van der Waals surface area contributed by atoms with Crippen molar-refractivity contribution in [3.63, 3.8) is 0 Å². The van der Waals surface area contributed by atoms with Crippen LogP contribution in [0, 0.1) is 6.92 Å². The number of fused-ring (bicyclic) bond motifs is 1. The van der Waals surface area contributed by atoms with Gasteiger partial charge in [-0.25, -0.2) is 4.98 Å². The van der Waals surface area contributed by atoms with E-state index in [4.69, 9.17) is 0 Å². The van der Waals surface area contributed by atoms with Crippen molar-refractivity contribution in [2.24, 2.45) is 0 Å². The maximum absolute atomic E-state index is 4.65. The zero-order valence-electron chi connectivity index (χ0n) is 14.0. The molecule has 5 nitrogen and oxygen atoms in total. The van der Waals surface area contributed by atoms with Gasteiger partial charge in [0.2, 0.25) is 0 Å². The van der Waals surface area contributed by atoms with Gasteiger partial charge in [-0.3, -0.25) is 10.1 Å². The van der Waals surface area contributed by atoms with Gasteiger partial charge in [0, 0.05) is 41.1 Å². The highest BCUT2D eigenvalue weighted by molar-refractivity contribution is 5.81. The Morgan fingerprint density at radius 1 is 1.12 bits per heavy atom. The molecule has 0 aliphatic carbocycles. The van der Waals surface area contributed by atoms with E-state index >= 15 is 0 Å². The lowest BCUT2D eigenvalue weighted by Crippen LogP contribution is -1.94. The third-order valence-electron chi connectivity index (χ3n) is 4.18. The second kappa shape index (κ2) is 5.60. The summed E-state index contributed by atoms with van der Waals surface area (Å²) in [6.07, 6.45) is 5.86. The van der Waals surface area contributed by atoms with Crippen LogP contribution in [-0.4, -0.2) is 24.6 Å². The molecule has 120 valence electrons. The van der Waals surface area contributed by atoms with Gasteiger partial charge in [0.15, 0.2) is 0 Å². The molecule has 0 radical (unpaired) electrons. The number of imidazole rings is 1. The number of rotatable bonds is 3. The molecule has 1 N–H and O–H groups in total. The largest absolute Gasteiger partial charge is 0.306 e. The highest BCUT2D eigenvalue weighted by Crippen LogP contribution is 2.35. The Bertz CT molecular complexity index is 1010. The molecule has 0 saturated carbocycles. The molecule has 0 fully saturated rings. The number of nitrogens with one attached hydrogen (secondary N) is 1. The van der Waals surface area contributed by atoms with Crippen LogP contribution in [0.3, 0.4) is 0 Å². The van der Waals surface area contributed by atoms with E-state index in [0.29, 0.717) is 5.92 Å². The first-order valence-electron chi connectivity index (χ1n) is 8.09. The fraction of sp³-hybridized carbons (Fsp3) is 0.211. The molecule has 0 saturated heterocycles. The summed E-state index contributed by atoms with van der Waals surface area (Å²) >= 11 is 0. The Hall–Kier alpha value is -2.95. The van der Waals surface area contributed by atoms with Gasteiger partial charge >= 0.3 is 0 Å². The first-order chi connectivity index (χ1) is 11.6. The molecule has 0 aromatic carbocycles. The summed E-state index contributed by atoms with van der Waals surface area (Å²) in [7, 11) is 0. The number of H-pyrrole nitrogens is 1. The highest BCUT2D eigenvalue weighted by atomic mass is 15.1. The number of aryl methyl sites for hydroxylation is 1. The lowest BCUT2D eigenvalue weighted by atomic mass is 9.97. The number of hydrogen-bond donors (Lipinski definition) is 1. The predicted molar refractivity (Wildman–Crippen MR) is 94.8 cm³/mol. The summed E-state index contributed by atoms with van der Waals surface area (Å²) in [5.41, 5.74) is 7.03. The van der Waals surface area contributed by atoms with Gasteiger partial charge in [-0.2, -0.15) is 5.10 Å². The standard InChI is InChI=1S/C19H19N5/c1-12(2)18-17(14-7-8-16-20-9-10-24(16)11-14)19(23-22-18)15-6-4-5-13(3)21-15/h4-12H,1-3H3,(H,22,23). The molecule has 4 aromatic heterocycles. The van der Waals surface area contributed by atoms with E-state index in [1.807, 2.05) is 41.8 Å². The van der Waals surface area contributed by atoms with Crippen molar-refractivity contribution in [3.8, 4) is 22.5 Å². The van der Waals surface area contributed by atoms with Crippen molar-refractivity contribution in [2.45, 2.75) is 26.7 Å². The minimum atomic E-state index is 0.338. The van der Waals surface area contributed by atoms with Crippen LogP contribution in [0.25, 0.3) is 28.2 Å². The number of aromatic amines is 1. The summed E-state index contributed by atoms with van der Waals surface area (Å²) in [5, 5.41) is 7.80. The Kier molecular flexibility index (Phi) is 3.41. The first-order valence-corrected chi connectivity index (χ1v) is 8.09. The third-order valence-corrected chi connectivity index (χ3v) is 4.18. The van der Waals surface area contributed by atoms with Gasteiger partial charge in [-0.05, 0) is 37.1 Å². The second-order valence-electron chi connectivity index (χ2n) is 6.29. The maximum Gasteiger partial charge on any atom is 0.136 e. The Morgan fingerprint density at radius 3 is 2.79 bits per heavy atom. The Morgan fingerprint density at radius 2 is 2.00 bits per heavy atom. The SMILES string of the molecule is Cc1cccc(-c2n[nH]c(C(C)C)c2-c2ccc3nccn3c2)n1. The fourth-order valence-corrected chi connectivity index (χ4v) is 2.99. The minimum Gasteiger partial charge on any atom is -0.306 e. The highest BCUT2D eigenvalue weighted by Gasteiger charge is 2.20. The molecule has 0 amide bonds. The molecule has 4 rings (SSSR count). The van der Waals surface area contributed by atoms with E-state index in [0.717, 1.165) is 39.5 Å². The summed E-state index contributed by atoms with van der Waals surface area (Å²) in [4.78, 5) is 8.97. The molecule has 0 atom stereocenters. The van der Waals surface area contributed by atoms with Crippen molar-refractivity contribution < 1.29 is 0 Å². The van der Waals surface area contributed by atoms with Crippen molar-refractivity contribution in [1.29, 1.82) is 0 Å². The first kappa shape index (κ1) is 14.6. The average molecular weight is 317 g/mol. The van der Waals surface area contributed by atoms with Crippen LogP contribution in [0.4, 0.5) is 0 Å². The lowest BCUT2D eigenvalue weighted by molar-refractivity contribution is 0.812. The smallest absolute Gasteiger partial charge is 0.136 e. The van der Waals surface area contributed by atoms with Crippen molar-refractivity contribution in [1.82, 2.24) is 24.6 Å². The van der Waals surface area contributed by atoms with E-state index in [1.54, 1.807) is 6.20 Å². The topological polar surface area (TPSA) is 58.9 Å². The quantitative estimate of drug-likeness (QED) is 0.615. The number of nitrogens with zero attached hydrogens (tertiary/aromatic N) is 4. The van der Waals surface area contributed by atoms with Gasteiger partial charge in [0.05, 0.1) is 5.69 Å². The molecule has 0 spiro atoms. The molecule has 0 aliphatic heterocycles. The molecule has 0 bridgehead atoms. The fourth-order valence-electron chi connectivity index (χ4n) is 2.99. The normalized spacial score (nSPS) is 11.5. The van der Waals surface area contributed by atoms with Crippen LogP contribution in [0.2, 0.25) is 0 Å². The van der Waals surface area contributed by atoms with Crippen LogP contribution >= 0.6 is 0 Å². The summed E-state index contributed by atoms with van der Waals surface area (Å²) in [6.45, 7) is 6.33. The van der Waals surface area contributed by atoms with E-state index in [9.17, 15) is 0 Å². The van der Waals surface area contributed by atoms with E-state index < -0.39 is 0 Å². The van der Waals surface area contributed by atoms with Gasteiger partial charge in [-0.1, -0.05) is 19.9 Å². The van der Waals surface area contributed by atoms with Crippen LogP contribution in [0.5, 0.6) is 0 Å². The predicted octanol–water partition coefficient (Wildman–Crippen LogP) is 4.22. The Balaban J connectivity index is 1.96. The summed E-state index contributed by atoms with van der Waals surface area (Å²) in [5.74, 6) is 0.338. The summed E-state index contributed by atoms with van der Waals surface area (Å²) < 4.78 is 2.03.